The number of rotatable bonds is 5. The highest BCUT2D eigenvalue weighted by molar-refractivity contribution is 5.68. The molecule has 0 amide bonds. The van der Waals surface area contributed by atoms with Crippen molar-refractivity contribution in [2.24, 2.45) is 0 Å². The molecule has 0 unspecified atom stereocenters. The molecule has 0 aromatic heterocycles. The normalized spacial score (nSPS) is 10.5. The molecule has 0 spiro atoms. The fourth-order valence-corrected chi connectivity index (χ4v) is 1.57. The van der Waals surface area contributed by atoms with Gasteiger partial charge < -0.3 is 15.7 Å². The molecule has 5 heteroatoms. The van der Waals surface area contributed by atoms with Crippen molar-refractivity contribution < 1.29 is 13.9 Å². The van der Waals surface area contributed by atoms with Crippen molar-refractivity contribution in [1.82, 2.24) is 0 Å². The van der Waals surface area contributed by atoms with E-state index in [1.807, 2.05) is 6.92 Å². The van der Waals surface area contributed by atoms with Crippen molar-refractivity contribution >= 4 is 11.4 Å². The van der Waals surface area contributed by atoms with Crippen molar-refractivity contribution in [1.29, 1.82) is 0 Å². The van der Waals surface area contributed by atoms with E-state index in [0.717, 1.165) is 6.07 Å². The third-order valence-corrected chi connectivity index (χ3v) is 2.38. The molecule has 0 aliphatic rings. The molecular formula is C11H16F2N2O. The molecule has 0 atom stereocenters. The van der Waals surface area contributed by atoms with Gasteiger partial charge in [-0.25, -0.2) is 8.78 Å². The molecule has 0 heterocycles. The van der Waals surface area contributed by atoms with E-state index in [2.05, 4.69) is 0 Å². The van der Waals surface area contributed by atoms with Gasteiger partial charge in [-0.1, -0.05) is 0 Å². The van der Waals surface area contributed by atoms with Gasteiger partial charge >= 0.3 is 0 Å². The molecule has 0 saturated heterocycles. The number of halogens is 2. The first-order valence-corrected chi connectivity index (χ1v) is 5.21. The number of aliphatic hydroxyl groups is 1. The van der Waals surface area contributed by atoms with E-state index >= 15 is 0 Å². The molecule has 0 saturated carbocycles. The Labute approximate surface area is 93.5 Å². The Morgan fingerprint density at radius 1 is 1.38 bits per heavy atom. The van der Waals surface area contributed by atoms with Crippen LogP contribution in [-0.2, 0) is 0 Å². The zero-order valence-electron chi connectivity index (χ0n) is 9.21. The van der Waals surface area contributed by atoms with Gasteiger partial charge in [-0.3, -0.25) is 0 Å². The highest BCUT2D eigenvalue weighted by Crippen LogP contribution is 2.28. The number of hydrogen-bond acceptors (Lipinski definition) is 3. The third kappa shape index (κ3) is 2.61. The van der Waals surface area contributed by atoms with Crippen molar-refractivity contribution in [2.45, 2.75) is 13.3 Å². The Morgan fingerprint density at radius 3 is 2.62 bits per heavy atom. The van der Waals surface area contributed by atoms with Crippen molar-refractivity contribution in [3.05, 3.63) is 23.8 Å². The van der Waals surface area contributed by atoms with Gasteiger partial charge in [0.1, 0.15) is 0 Å². The van der Waals surface area contributed by atoms with Gasteiger partial charge in [0.05, 0.1) is 11.4 Å². The Morgan fingerprint density at radius 2 is 2.06 bits per heavy atom. The van der Waals surface area contributed by atoms with Gasteiger partial charge in [0.15, 0.2) is 11.6 Å². The summed E-state index contributed by atoms with van der Waals surface area (Å²) in [5, 5.41) is 8.73. The van der Waals surface area contributed by atoms with Crippen LogP contribution in [-0.4, -0.2) is 24.8 Å². The zero-order chi connectivity index (χ0) is 12.1. The second kappa shape index (κ2) is 5.65. The molecule has 0 bridgehead atoms. The van der Waals surface area contributed by atoms with Crippen LogP contribution in [0.4, 0.5) is 20.2 Å². The van der Waals surface area contributed by atoms with E-state index < -0.39 is 11.6 Å². The molecule has 1 aromatic rings. The molecule has 0 radical (unpaired) electrons. The number of nitrogens with zero attached hydrogens (tertiary/aromatic N) is 1. The van der Waals surface area contributed by atoms with Gasteiger partial charge in [-0.05, 0) is 25.5 Å². The maximum absolute atomic E-state index is 13.6. The lowest BCUT2D eigenvalue weighted by atomic mass is 10.2. The number of nitrogens with two attached hydrogens (primary N) is 1. The first-order chi connectivity index (χ1) is 7.61. The fourth-order valence-electron chi connectivity index (χ4n) is 1.57. The van der Waals surface area contributed by atoms with Crippen LogP contribution in [0.2, 0.25) is 0 Å². The summed E-state index contributed by atoms with van der Waals surface area (Å²) in [4.78, 5) is 1.62. The monoisotopic (exact) mass is 230 g/mol. The van der Waals surface area contributed by atoms with Gasteiger partial charge in [0.2, 0.25) is 0 Å². The predicted octanol–water partition coefficient (Wildman–Crippen LogP) is 1.76. The number of aliphatic hydroxyl groups excluding tert-OH is 1. The molecule has 1 rings (SSSR count). The number of hydrogen-bond donors (Lipinski definition) is 2. The van der Waals surface area contributed by atoms with E-state index in [9.17, 15) is 8.78 Å². The lowest BCUT2D eigenvalue weighted by molar-refractivity contribution is 0.289. The minimum Gasteiger partial charge on any atom is -0.397 e. The van der Waals surface area contributed by atoms with Crippen LogP contribution in [0.1, 0.15) is 13.3 Å². The average molecular weight is 230 g/mol. The Balaban J connectivity index is 3.03. The summed E-state index contributed by atoms with van der Waals surface area (Å²) in [6.07, 6.45) is 0.489. The molecular weight excluding hydrogens is 214 g/mol. The average Bonchev–Trinajstić information content (AvgIpc) is 2.28. The quantitative estimate of drug-likeness (QED) is 0.758. The standard InChI is InChI=1S/C11H16F2N2O/c1-2-15(6-3-7-16)11-9(14)5-4-8(12)10(11)13/h4-5,16H,2-3,6-7,14H2,1H3. The summed E-state index contributed by atoms with van der Waals surface area (Å²) < 4.78 is 26.6. The van der Waals surface area contributed by atoms with Crippen molar-refractivity contribution in [3.8, 4) is 0 Å². The zero-order valence-corrected chi connectivity index (χ0v) is 9.21. The lowest BCUT2D eigenvalue weighted by Gasteiger charge is -2.24. The predicted molar refractivity (Wildman–Crippen MR) is 60.4 cm³/mol. The van der Waals surface area contributed by atoms with Crippen LogP contribution in [0, 0.1) is 11.6 Å². The Bertz CT molecular complexity index is 358. The van der Waals surface area contributed by atoms with Crippen LogP contribution in [0.5, 0.6) is 0 Å². The largest absolute Gasteiger partial charge is 0.397 e. The SMILES string of the molecule is CCN(CCCO)c1c(N)ccc(F)c1F. The molecule has 0 fully saturated rings. The van der Waals surface area contributed by atoms with Crippen molar-refractivity contribution in [3.63, 3.8) is 0 Å². The van der Waals surface area contributed by atoms with Gasteiger partial charge in [0.25, 0.3) is 0 Å². The maximum Gasteiger partial charge on any atom is 0.184 e. The highest BCUT2D eigenvalue weighted by Gasteiger charge is 2.16. The minimum atomic E-state index is -0.931. The molecule has 0 aliphatic heterocycles. The maximum atomic E-state index is 13.6. The molecule has 90 valence electrons. The molecule has 1 aromatic carbocycles. The van der Waals surface area contributed by atoms with Crippen LogP contribution < -0.4 is 10.6 Å². The fraction of sp³-hybridized carbons (Fsp3) is 0.455. The lowest BCUT2D eigenvalue weighted by Crippen LogP contribution is -2.27. The number of nitrogen functional groups attached to an aromatic ring is 1. The first kappa shape index (κ1) is 12.7. The summed E-state index contributed by atoms with van der Waals surface area (Å²) in [5.74, 6) is -1.84. The van der Waals surface area contributed by atoms with E-state index in [1.165, 1.54) is 6.07 Å². The Hall–Kier alpha value is -1.36. The molecule has 16 heavy (non-hydrogen) atoms. The van der Waals surface area contributed by atoms with Gasteiger partial charge in [-0.2, -0.15) is 0 Å². The summed E-state index contributed by atoms with van der Waals surface area (Å²) in [6, 6.07) is 2.35. The smallest absolute Gasteiger partial charge is 0.184 e. The summed E-state index contributed by atoms with van der Waals surface area (Å²) >= 11 is 0. The molecule has 3 N–H and O–H groups in total. The van der Waals surface area contributed by atoms with Gasteiger partial charge in [-0.15, -0.1) is 0 Å². The Kier molecular flexibility index (Phi) is 4.49. The first-order valence-electron chi connectivity index (χ1n) is 5.21. The minimum absolute atomic E-state index is 0.00728. The van der Waals surface area contributed by atoms with Crippen LogP contribution in [0.25, 0.3) is 0 Å². The van der Waals surface area contributed by atoms with Crippen LogP contribution in [0.3, 0.4) is 0 Å². The van der Waals surface area contributed by atoms with E-state index in [0.29, 0.717) is 19.5 Å². The number of benzene rings is 1. The summed E-state index contributed by atoms with van der Waals surface area (Å²) in [6.45, 7) is 2.77. The topological polar surface area (TPSA) is 49.5 Å². The van der Waals surface area contributed by atoms with Crippen LogP contribution >= 0.6 is 0 Å². The van der Waals surface area contributed by atoms with E-state index in [-0.39, 0.29) is 18.0 Å². The second-order valence-corrected chi connectivity index (χ2v) is 3.46. The third-order valence-electron chi connectivity index (χ3n) is 2.38. The highest BCUT2D eigenvalue weighted by atomic mass is 19.2. The van der Waals surface area contributed by atoms with Crippen LogP contribution in [0.15, 0.2) is 12.1 Å². The van der Waals surface area contributed by atoms with E-state index in [1.54, 1.807) is 4.90 Å². The number of anilines is 2. The summed E-state index contributed by atoms with van der Waals surface area (Å²) in [7, 11) is 0. The summed E-state index contributed by atoms with van der Waals surface area (Å²) in [5.41, 5.74) is 5.91. The molecule has 0 aliphatic carbocycles. The van der Waals surface area contributed by atoms with Gasteiger partial charge in [0, 0.05) is 19.7 Å². The second-order valence-electron chi connectivity index (χ2n) is 3.46. The van der Waals surface area contributed by atoms with Crippen molar-refractivity contribution in [2.75, 3.05) is 30.3 Å². The van der Waals surface area contributed by atoms with E-state index in [4.69, 9.17) is 10.8 Å². The molecule has 3 nitrogen and oxygen atoms in total.